The Balaban J connectivity index is 1.40. The van der Waals surface area contributed by atoms with Crippen LogP contribution in [-0.4, -0.2) is 54.3 Å². The van der Waals surface area contributed by atoms with E-state index in [-0.39, 0.29) is 34.2 Å². The van der Waals surface area contributed by atoms with Gasteiger partial charge in [-0.2, -0.15) is 0 Å². The number of esters is 2. The second kappa shape index (κ2) is 10.1. The van der Waals surface area contributed by atoms with Crippen molar-refractivity contribution in [1.29, 1.82) is 0 Å². The zero-order valence-electron chi connectivity index (χ0n) is 19.6. The molecule has 2 aliphatic rings. The highest BCUT2D eigenvalue weighted by molar-refractivity contribution is 6.22. The van der Waals surface area contributed by atoms with E-state index < -0.39 is 30.4 Å². The van der Waals surface area contributed by atoms with Crippen LogP contribution >= 0.6 is 0 Å². The third kappa shape index (κ3) is 4.94. The van der Waals surface area contributed by atoms with Gasteiger partial charge in [-0.05, 0) is 55.7 Å². The quantitative estimate of drug-likeness (QED) is 0.498. The zero-order valence-corrected chi connectivity index (χ0v) is 19.6. The Kier molecular flexibility index (Phi) is 6.95. The van der Waals surface area contributed by atoms with Crippen LogP contribution in [0.4, 0.5) is 5.69 Å². The number of hydrogen-bond donors (Lipinski definition) is 1. The van der Waals surface area contributed by atoms with Crippen LogP contribution in [-0.2, 0) is 14.3 Å². The van der Waals surface area contributed by atoms with Crippen molar-refractivity contribution in [3.05, 3.63) is 64.2 Å². The van der Waals surface area contributed by atoms with E-state index in [0.29, 0.717) is 11.3 Å². The molecular formula is C26H26N2O7. The number of nitrogens with zero attached hydrogens (tertiary/aromatic N) is 1. The van der Waals surface area contributed by atoms with Gasteiger partial charge in [0.2, 0.25) is 0 Å². The molecule has 1 aliphatic carbocycles. The van der Waals surface area contributed by atoms with Gasteiger partial charge in [0.05, 0.1) is 29.4 Å². The van der Waals surface area contributed by atoms with Crippen LogP contribution in [0.1, 0.15) is 79.1 Å². The number of amides is 3. The molecule has 1 aliphatic heterocycles. The minimum Gasteiger partial charge on any atom is -0.465 e. The molecule has 182 valence electrons. The van der Waals surface area contributed by atoms with Crippen molar-refractivity contribution in [3.63, 3.8) is 0 Å². The Labute approximate surface area is 202 Å². The van der Waals surface area contributed by atoms with Crippen LogP contribution in [0.15, 0.2) is 36.4 Å². The van der Waals surface area contributed by atoms with Gasteiger partial charge in [-0.15, -0.1) is 0 Å². The molecule has 0 unspecified atom stereocenters. The number of carbonyl (C=O) groups excluding carboxylic acids is 5. The maximum atomic E-state index is 12.9. The van der Waals surface area contributed by atoms with Crippen LogP contribution in [0, 0.1) is 6.92 Å². The summed E-state index contributed by atoms with van der Waals surface area (Å²) in [5, 5.41) is 2.60. The maximum absolute atomic E-state index is 12.9. The number of methoxy groups -OCH3 is 1. The lowest BCUT2D eigenvalue weighted by molar-refractivity contribution is -0.119. The molecule has 3 amide bonds. The lowest BCUT2D eigenvalue weighted by Crippen LogP contribution is -2.40. The fourth-order valence-electron chi connectivity index (χ4n) is 4.46. The third-order valence-electron chi connectivity index (χ3n) is 6.36. The summed E-state index contributed by atoms with van der Waals surface area (Å²) < 4.78 is 9.80. The van der Waals surface area contributed by atoms with Gasteiger partial charge in [-0.25, -0.2) is 9.59 Å². The summed E-state index contributed by atoms with van der Waals surface area (Å²) in [5.74, 6) is -2.66. The van der Waals surface area contributed by atoms with Gasteiger partial charge in [0.15, 0.2) is 6.61 Å². The van der Waals surface area contributed by atoms with Gasteiger partial charge < -0.3 is 14.8 Å². The highest BCUT2D eigenvalue weighted by Crippen LogP contribution is 2.31. The number of imide groups is 1. The number of rotatable bonds is 6. The third-order valence-corrected chi connectivity index (χ3v) is 6.36. The summed E-state index contributed by atoms with van der Waals surface area (Å²) in [5.41, 5.74) is 1.89. The lowest BCUT2D eigenvalue weighted by Gasteiger charge is -2.29. The average molecular weight is 479 g/mol. The molecule has 0 saturated heterocycles. The van der Waals surface area contributed by atoms with E-state index in [1.807, 2.05) is 0 Å². The van der Waals surface area contributed by atoms with Gasteiger partial charge >= 0.3 is 11.9 Å². The first kappa shape index (κ1) is 24.1. The van der Waals surface area contributed by atoms with E-state index in [1.54, 1.807) is 19.1 Å². The first-order valence-electron chi connectivity index (χ1n) is 11.5. The molecule has 1 fully saturated rings. The van der Waals surface area contributed by atoms with E-state index in [1.165, 1.54) is 36.3 Å². The number of ether oxygens (including phenoxy) is 2. The summed E-state index contributed by atoms with van der Waals surface area (Å²) in [6.07, 6.45) is 4.63. The van der Waals surface area contributed by atoms with Crippen molar-refractivity contribution in [2.45, 2.75) is 45.1 Å². The Morgan fingerprint density at radius 2 is 1.57 bits per heavy atom. The highest BCUT2D eigenvalue weighted by Gasteiger charge is 2.40. The monoisotopic (exact) mass is 478 g/mol. The summed E-state index contributed by atoms with van der Waals surface area (Å²) in [6, 6.07) is 8.82. The molecule has 1 heterocycles. The van der Waals surface area contributed by atoms with Gasteiger partial charge in [0, 0.05) is 11.7 Å². The van der Waals surface area contributed by atoms with Gasteiger partial charge in [-0.1, -0.05) is 25.3 Å². The number of hydrogen-bond acceptors (Lipinski definition) is 7. The fraction of sp³-hybridized carbons (Fsp3) is 0.346. The Bertz CT molecular complexity index is 1210. The lowest BCUT2D eigenvalue weighted by atomic mass is 9.94. The molecule has 0 aromatic heterocycles. The largest absolute Gasteiger partial charge is 0.465 e. The zero-order chi connectivity index (χ0) is 25.1. The number of nitrogens with one attached hydrogen (secondary N) is 1. The number of carbonyl (C=O) groups is 5. The normalized spacial score (nSPS) is 15.5. The second-order valence-corrected chi connectivity index (χ2v) is 8.68. The summed E-state index contributed by atoms with van der Waals surface area (Å²) in [7, 11) is 1.26. The molecule has 0 spiro atoms. The van der Waals surface area contributed by atoms with E-state index in [4.69, 9.17) is 4.74 Å². The van der Waals surface area contributed by atoms with E-state index in [9.17, 15) is 24.0 Å². The molecule has 2 aromatic rings. The Morgan fingerprint density at radius 3 is 2.29 bits per heavy atom. The highest BCUT2D eigenvalue weighted by atomic mass is 16.5. The first-order valence-corrected chi connectivity index (χ1v) is 11.5. The van der Waals surface area contributed by atoms with Crippen LogP contribution < -0.4 is 5.32 Å². The Morgan fingerprint density at radius 1 is 0.914 bits per heavy atom. The Hall–Kier alpha value is -4.01. The summed E-state index contributed by atoms with van der Waals surface area (Å²) in [4.78, 5) is 63.7. The van der Waals surface area contributed by atoms with E-state index in [0.717, 1.165) is 32.1 Å². The molecule has 35 heavy (non-hydrogen) atoms. The molecule has 0 atom stereocenters. The standard InChI is InChI=1S/C26H26N2O7/c1-15-8-9-17(25(32)34-2)13-21(15)27-22(29)14-35-26(33)16-10-11-19-20(12-16)24(31)28(23(19)30)18-6-4-3-5-7-18/h8-13,18H,3-7,14H2,1-2H3,(H,27,29). The molecular weight excluding hydrogens is 452 g/mol. The summed E-state index contributed by atoms with van der Waals surface area (Å²) >= 11 is 0. The van der Waals surface area contributed by atoms with E-state index in [2.05, 4.69) is 10.1 Å². The molecule has 2 aromatic carbocycles. The molecule has 1 N–H and O–H groups in total. The smallest absolute Gasteiger partial charge is 0.338 e. The number of benzene rings is 2. The minimum atomic E-state index is -0.792. The number of aryl methyl sites for hydroxylation is 1. The van der Waals surface area contributed by atoms with E-state index >= 15 is 0 Å². The SMILES string of the molecule is COC(=O)c1ccc(C)c(NC(=O)COC(=O)c2ccc3c(c2)C(=O)N(C2CCCCC2)C3=O)c1. The molecule has 0 radical (unpaired) electrons. The first-order chi connectivity index (χ1) is 16.8. The molecule has 1 saturated carbocycles. The van der Waals surface area contributed by atoms with Crippen molar-refractivity contribution in [1.82, 2.24) is 4.90 Å². The van der Waals surface area contributed by atoms with Crippen molar-refractivity contribution in [3.8, 4) is 0 Å². The minimum absolute atomic E-state index is 0.0760. The van der Waals surface area contributed by atoms with Crippen LogP contribution in [0.3, 0.4) is 0 Å². The van der Waals surface area contributed by atoms with Crippen LogP contribution in [0.2, 0.25) is 0 Å². The van der Waals surface area contributed by atoms with Gasteiger partial charge in [0.1, 0.15) is 0 Å². The topological polar surface area (TPSA) is 119 Å². The van der Waals surface area contributed by atoms with Gasteiger partial charge in [-0.3, -0.25) is 19.3 Å². The fourth-order valence-corrected chi connectivity index (χ4v) is 4.46. The molecule has 4 rings (SSSR count). The van der Waals surface area contributed by atoms with Crippen molar-refractivity contribution in [2.75, 3.05) is 19.0 Å². The maximum Gasteiger partial charge on any atom is 0.338 e. The van der Waals surface area contributed by atoms with Crippen molar-refractivity contribution in [2.24, 2.45) is 0 Å². The van der Waals surface area contributed by atoms with Gasteiger partial charge in [0.25, 0.3) is 17.7 Å². The van der Waals surface area contributed by atoms with Crippen molar-refractivity contribution < 1.29 is 33.4 Å². The number of fused-ring (bicyclic) bond motifs is 1. The second-order valence-electron chi connectivity index (χ2n) is 8.68. The summed E-state index contributed by atoms with van der Waals surface area (Å²) in [6.45, 7) is 1.18. The number of anilines is 1. The average Bonchev–Trinajstić information content (AvgIpc) is 3.13. The molecule has 9 heteroatoms. The predicted octanol–water partition coefficient (Wildman–Crippen LogP) is 3.51. The van der Waals surface area contributed by atoms with Crippen molar-refractivity contribution >= 4 is 35.3 Å². The molecule has 0 bridgehead atoms. The predicted molar refractivity (Wildman–Crippen MR) is 125 cm³/mol. The molecule has 9 nitrogen and oxygen atoms in total. The van der Waals surface area contributed by atoms with Crippen LogP contribution in [0.5, 0.6) is 0 Å². The van der Waals surface area contributed by atoms with Crippen LogP contribution in [0.25, 0.3) is 0 Å².